The molecule has 0 N–H and O–H groups in total. The number of aryl methyl sites for hydroxylation is 2. The predicted molar refractivity (Wildman–Crippen MR) is 81.5 cm³/mol. The number of halogens is 1. The van der Waals surface area contributed by atoms with Gasteiger partial charge in [-0.15, -0.1) is 0 Å². The van der Waals surface area contributed by atoms with Crippen molar-refractivity contribution in [1.29, 1.82) is 0 Å². The van der Waals surface area contributed by atoms with Crippen LogP contribution in [-0.2, 0) is 11.3 Å². The van der Waals surface area contributed by atoms with Gasteiger partial charge in [0.15, 0.2) is 5.13 Å². The standard InChI is InChI=1S/C11H12BrN5O3S/c1-7-14-9(17(19)20)6-16(7)4-3-10(18)15(2)11-13-5-8(12)21-11/h5-6H,3-4H2,1-2H3. The SMILES string of the molecule is Cc1nc([N+](=O)[O-])cn1CCC(=O)N(C)c1ncc(Br)s1. The van der Waals surface area contributed by atoms with E-state index < -0.39 is 4.92 Å². The molecule has 0 aliphatic carbocycles. The highest BCUT2D eigenvalue weighted by Crippen LogP contribution is 2.26. The van der Waals surface area contributed by atoms with Crippen LogP contribution in [0.5, 0.6) is 0 Å². The Morgan fingerprint density at radius 2 is 2.33 bits per heavy atom. The largest absolute Gasteiger partial charge is 0.381 e. The molecule has 0 aromatic carbocycles. The first-order chi connectivity index (χ1) is 9.88. The fourth-order valence-electron chi connectivity index (χ4n) is 1.70. The molecule has 112 valence electrons. The van der Waals surface area contributed by atoms with Gasteiger partial charge in [0.05, 0.1) is 9.98 Å². The number of amides is 1. The number of carbonyl (C=O) groups excluding carboxylic acids is 1. The number of anilines is 1. The third kappa shape index (κ3) is 3.64. The van der Waals surface area contributed by atoms with Crippen molar-refractivity contribution < 1.29 is 9.72 Å². The fourth-order valence-corrected chi connectivity index (χ4v) is 2.86. The molecule has 0 aliphatic heterocycles. The molecule has 8 nitrogen and oxygen atoms in total. The van der Waals surface area contributed by atoms with Gasteiger partial charge in [-0.25, -0.2) is 4.98 Å². The van der Waals surface area contributed by atoms with E-state index in [1.165, 1.54) is 22.4 Å². The van der Waals surface area contributed by atoms with Crippen LogP contribution < -0.4 is 4.90 Å². The number of aromatic nitrogens is 3. The monoisotopic (exact) mass is 373 g/mol. The van der Waals surface area contributed by atoms with E-state index in [2.05, 4.69) is 25.9 Å². The first-order valence-corrected chi connectivity index (χ1v) is 7.55. The Morgan fingerprint density at radius 3 is 2.86 bits per heavy atom. The van der Waals surface area contributed by atoms with Crippen molar-refractivity contribution in [3.8, 4) is 0 Å². The molecule has 1 amide bonds. The zero-order valence-electron chi connectivity index (χ0n) is 11.3. The zero-order valence-corrected chi connectivity index (χ0v) is 13.7. The lowest BCUT2D eigenvalue weighted by atomic mass is 10.3. The number of thiazole rings is 1. The summed E-state index contributed by atoms with van der Waals surface area (Å²) in [6.45, 7) is 2.00. The van der Waals surface area contributed by atoms with Crippen molar-refractivity contribution in [2.75, 3.05) is 11.9 Å². The molecule has 0 aliphatic rings. The van der Waals surface area contributed by atoms with Crippen molar-refractivity contribution in [3.63, 3.8) is 0 Å². The van der Waals surface area contributed by atoms with Crippen molar-refractivity contribution in [2.24, 2.45) is 0 Å². The molecule has 2 aromatic heterocycles. The van der Waals surface area contributed by atoms with E-state index in [9.17, 15) is 14.9 Å². The third-order valence-corrected chi connectivity index (χ3v) is 4.40. The van der Waals surface area contributed by atoms with Crippen LogP contribution in [-0.4, -0.2) is 32.4 Å². The van der Waals surface area contributed by atoms with Gasteiger partial charge in [-0.05, 0) is 25.8 Å². The van der Waals surface area contributed by atoms with E-state index in [0.29, 0.717) is 17.5 Å². The van der Waals surface area contributed by atoms with Crippen molar-refractivity contribution in [1.82, 2.24) is 14.5 Å². The van der Waals surface area contributed by atoms with Crippen LogP contribution in [0.3, 0.4) is 0 Å². The molecular formula is C11H12BrN5O3S. The molecule has 0 atom stereocenters. The molecule has 0 radical (unpaired) electrons. The lowest BCUT2D eigenvalue weighted by molar-refractivity contribution is -0.389. The number of nitrogens with zero attached hydrogens (tertiary/aromatic N) is 5. The summed E-state index contributed by atoms with van der Waals surface area (Å²) in [5, 5.41) is 11.2. The smallest absolute Gasteiger partial charge is 0.358 e. The Bertz CT molecular complexity index is 683. The van der Waals surface area contributed by atoms with Crippen LogP contribution in [0.2, 0.25) is 0 Å². The quantitative estimate of drug-likeness (QED) is 0.592. The van der Waals surface area contributed by atoms with Crippen LogP contribution in [0.15, 0.2) is 16.2 Å². The second-order valence-corrected chi connectivity index (χ2v) is 6.63. The molecule has 21 heavy (non-hydrogen) atoms. The van der Waals surface area contributed by atoms with Gasteiger partial charge in [0.1, 0.15) is 6.20 Å². The van der Waals surface area contributed by atoms with Crippen molar-refractivity contribution >= 4 is 44.1 Å². The minimum absolute atomic E-state index is 0.118. The summed E-state index contributed by atoms with van der Waals surface area (Å²) >= 11 is 4.65. The number of rotatable bonds is 5. The first-order valence-electron chi connectivity index (χ1n) is 5.94. The maximum absolute atomic E-state index is 12.1. The minimum Gasteiger partial charge on any atom is -0.358 e. The van der Waals surface area contributed by atoms with Crippen LogP contribution in [0, 0.1) is 17.0 Å². The lowest BCUT2D eigenvalue weighted by Crippen LogP contribution is -2.27. The van der Waals surface area contributed by atoms with Crippen molar-refractivity contribution in [2.45, 2.75) is 19.9 Å². The van der Waals surface area contributed by atoms with Gasteiger partial charge in [0.25, 0.3) is 0 Å². The summed E-state index contributed by atoms with van der Waals surface area (Å²) in [5.41, 5.74) is 0. The van der Waals surface area contributed by atoms with Gasteiger partial charge in [-0.2, -0.15) is 0 Å². The molecule has 2 aromatic rings. The molecule has 0 fully saturated rings. The summed E-state index contributed by atoms with van der Waals surface area (Å²) in [5.74, 6) is 0.180. The van der Waals surface area contributed by atoms with Crippen LogP contribution in [0.1, 0.15) is 12.2 Å². The number of hydrogen-bond donors (Lipinski definition) is 0. The molecular weight excluding hydrogens is 362 g/mol. The van der Waals surface area contributed by atoms with Gasteiger partial charge in [-0.1, -0.05) is 11.3 Å². The molecule has 10 heteroatoms. The Balaban J connectivity index is 1.99. The van der Waals surface area contributed by atoms with Gasteiger partial charge >= 0.3 is 5.82 Å². The Kier molecular flexibility index (Phi) is 4.68. The van der Waals surface area contributed by atoms with Gasteiger partial charge in [0, 0.05) is 26.9 Å². The predicted octanol–water partition coefficient (Wildman–Crippen LogP) is 2.37. The van der Waals surface area contributed by atoms with E-state index in [0.717, 1.165) is 3.79 Å². The van der Waals surface area contributed by atoms with Crippen molar-refractivity contribution in [3.05, 3.63) is 32.1 Å². The third-order valence-electron chi connectivity index (χ3n) is 2.84. The van der Waals surface area contributed by atoms with E-state index >= 15 is 0 Å². The van der Waals surface area contributed by atoms with Gasteiger partial charge < -0.3 is 14.7 Å². The fraction of sp³-hybridized carbons (Fsp3) is 0.364. The summed E-state index contributed by atoms with van der Waals surface area (Å²) in [4.78, 5) is 31.6. The highest BCUT2D eigenvalue weighted by molar-refractivity contribution is 9.11. The second kappa shape index (κ2) is 6.31. The zero-order chi connectivity index (χ0) is 15.6. The Morgan fingerprint density at radius 1 is 1.62 bits per heavy atom. The molecule has 2 heterocycles. The summed E-state index contributed by atoms with van der Waals surface area (Å²) in [7, 11) is 1.65. The van der Waals surface area contributed by atoms with E-state index in [1.54, 1.807) is 24.7 Å². The normalized spacial score (nSPS) is 10.6. The number of imidazole rings is 1. The van der Waals surface area contributed by atoms with Crippen LogP contribution in [0.4, 0.5) is 10.9 Å². The molecule has 0 unspecified atom stereocenters. The lowest BCUT2D eigenvalue weighted by Gasteiger charge is -2.13. The number of carbonyl (C=O) groups is 1. The Hall–Kier alpha value is -1.81. The Labute approximate surface area is 132 Å². The van der Waals surface area contributed by atoms with Crippen LogP contribution in [0.25, 0.3) is 0 Å². The molecule has 0 spiro atoms. The van der Waals surface area contributed by atoms with Gasteiger partial charge in [-0.3, -0.25) is 9.69 Å². The van der Waals surface area contributed by atoms with E-state index in [1.807, 2.05) is 0 Å². The highest BCUT2D eigenvalue weighted by atomic mass is 79.9. The summed E-state index contributed by atoms with van der Waals surface area (Å²) < 4.78 is 2.44. The highest BCUT2D eigenvalue weighted by Gasteiger charge is 2.18. The van der Waals surface area contributed by atoms with E-state index in [-0.39, 0.29) is 18.1 Å². The minimum atomic E-state index is -0.551. The molecule has 2 rings (SSSR count). The van der Waals surface area contributed by atoms with Crippen LogP contribution >= 0.6 is 27.3 Å². The number of hydrogen-bond acceptors (Lipinski definition) is 6. The first kappa shape index (κ1) is 15.6. The molecule has 0 saturated heterocycles. The average molecular weight is 374 g/mol. The van der Waals surface area contributed by atoms with E-state index in [4.69, 9.17) is 0 Å². The summed E-state index contributed by atoms with van der Waals surface area (Å²) in [6, 6.07) is 0. The molecule has 0 bridgehead atoms. The second-order valence-electron chi connectivity index (χ2n) is 4.25. The number of nitro groups is 1. The maximum Gasteiger partial charge on any atom is 0.381 e. The summed E-state index contributed by atoms with van der Waals surface area (Å²) in [6.07, 6.45) is 3.18. The molecule has 0 saturated carbocycles. The van der Waals surface area contributed by atoms with Gasteiger partial charge in [0.2, 0.25) is 11.7 Å². The maximum atomic E-state index is 12.1. The average Bonchev–Trinajstić information content (AvgIpc) is 3.01. The topological polar surface area (TPSA) is 94.2 Å².